The van der Waals surface area contributed by atoms with Gasteiger partial charge in [-0.15, -0.1) is 0 Å². The van der Waals surface area contributed by atoms with Gasteiger partial charge in [-0.25, -0.2) is 0 Å². The smallest absolute Gasteiger partial charge is 0.161 e. The molecule has 0 amide bonds. The summed E-state index contributed by atoms with van der Waals surface area (Å²) < 4.78 is 1.70. The van der Waals surface area contributed by atoms with E-state index in [-0.39, 0.29) is 18.9 Å². The van der Waals surface area contributed by atoms with E-state index in [9.17, 15) is 9.90 Å². The molecule has 0 aliphatic carbocycles. The molecule has 1 aromatic heterocycles. The van der Waals surface area contributed by atoms with E-state index in [0.717, 1.165) is 5.39 Å². The fraction of sp³-hybridized carbons (Fsp3) is 0.308. The maximum atomic E-state index is 11.6. The number of Topliss-reactive ketones (excluding diaryl/α,β-unsaturated/α-hetero) is 1. The molecule has 0 saturated carbocycles. The van der Waals surface area contributed by atoms with Gasteiger partial charge >= 0.3 is 0 Å². The second kappa shape index (κ2) is 5.10. The molecule has 5 heteroatoms. The van der Waals surface area contributed by atoms with Gasteiger partial charge in [0.25, 0.3) is 0 Å². The zero-order valence-electron chi connectivity index (χ0n) is 9.93. The van der Waals surface area contributed by atoms with Crippen LogP contribution in [-0.4, -0.2) is 33.3 Å². The van der Waals surface area contributed by atoms with Gasteiger partial charge in [-0.2, -0.15) is 0 Å². The van der Waals surface area contributed by atoms with Crippen LogP contribution in [0.1, 0.15) is 17.3 Å². The quantitative estimate of drug-likeness (QED) is 0.831. The van der Waals surface area contributed by atoms with Crippen LogP contribution in [0.4, 0.5) is 0 Å². The predicted molar refractivity (Wildman–Crippen MR) is 70.0 cm³/mol. The molecule has 96 valence electrons. The lowest BCUT2D eigenvalue weighted by Crippen LogP contribution is -2.19. The molecule has 2 rings (SSSR count). The SMILES string of the molecule is CC(=O)c1cn(CC(O)CO)c2c(Cl)cccc12. The maximum Gasteiger partial charge on any atom is 0.161 e. The van der Waals surface area contributed by atoms with Crippen LogP contribution in [0.5, 0.6) is 0 Å². The van der Waals surface area contributed by atoms with Crippen molar-refractivity contribution in [3.05, 3.63) is 35.0 Å². The number of para-hydroxylation sites is 1. The Kier molecular flexibility index (Phi) is 3.71. The first-order valence-corrected chi connectivity index (χ1v) is 5.99. The van der Waals surface area contributed by atoms with Gasteiger partial charge in [0.15, 0.2) is 5.78 Å². The molecule has 0 bridgehead atoms. The molecule has 0 fully saturated rings. The monoisotopic (exact) mass is 267 g/mol. The van der Waals surface area contributed by atoms with Crippen LogP contribution in [0.3, 0.4) is 0 Å². The van der Waals surface area contributed by atoms with Gasteiger partial charge in [-0.1, -0.05) is 23.7 Å². The fourth-order valence-electron chi connectivity index (χ4n) is 2.02. The third-order valence-electron chi connectivity index (χ3n) is 2.85. The molecule has 1 aromatic carbocycles. The normalized spacial score (nSPS) is 12.9. The van der Waals surface area contributed by atoms with E-state index in [1.54, 1.807) is 22.9 Å². The number of aliphatic hydroxyl groups is 2. The number of carbonyl (C=O) groups excluding carboxylic acids is 1. The minimum Gasteiger partial charge on any atom is -0.394 e. The average Bonchev–Trinajstić information content (AvgIpc) is 2.69. The Morgan fingerprint density at radius 2 is 2.22 bits per heavy atom. The zero-order chi connectivity index (χ0) is 13.3. The van der Waals surface area contributed by atoms with Crippen molar-refractivity contribution < 1.29 is 15.0 Å². The third-order valence-corrected chi connectivity index (χ3v) is 3.15. The summed E-state index contributed by atoms with van der Waals surface area (Å²) in [6.07, 6.45) is 0.786. The highest BCUT2D eigenvalue weighted by molar-refractivity contribution is 6.35. The lowest BCUT2D eigenvalue weighted by Gasteiger charge is -2.10. The van der Waals surface area contributed by atoms with Crippen molar-refractivity contribution in [1.82, 2.24) is 4.57 Å². The summed E-state index contributed by atoms with van der Waals surface area (Å²) in [6.45, 7) is 1.35. The molecule has 0 aliphatic rings. The van der Waals surface area contributed by atoms with Crippen LogP contribution in [0, 0.1) is 0 Å². The number of aliphatic hydroxyl groups excluding tert-OH is 2. The summed E-state index contributed by atoms with van der Waals surface area (Å²) in [4.78, 5) is 11.6. The molecule has 0 radical (unpaired) electrons. The zero-order valence-corrected chi connectivity index (χ0v) is 10.7. The van der Waals surface area contributed by atoms with E-state index < -0.39 is 6.10 Å². The predicted octanol–water partition coefficient (Wildman–Crippen LogP) is 1.85. The molecule has 0 aliphatic heterocycles. The number of nitrogens with zero attached hydrogens (tertiary/aromatic N) is 1. The molecule has 4 nitrogen and oxygen atoms in total. The Balaban J connectivity index is 2.62. The first-order valence-electron chi connectivity index (χ1n) is 5.61. The van der Waals surface area contributed by atoms with Gasteiger partial charge in [0.05, 0.1) is 29.8 Å². The average molecular weight is 268 g/mol. The third kappa shape index (κ3) is 2.27. The van der Waals surface area contributed by atoms with Crippen LogP contribution in [0.15, 0.2) is 24.4 Å². The van der Waals surface area contributed by atoms with E-state index in [4.69, 9.17) is 16.7 Å². The molecule has 0 saturated heterocycles. The topological polar surface area (TPSA) is 62.5 Å². The van der Waals surface area contributed by atoms with E-state index in [1.165, 1.54) is 6.92 Å². The van der Waals surface area contributed by atoms with Gasteiger partial charge in [-0.3, -0.25) is 4.79 Å². The molecule has 0 spiro atoms. The second-order valence-corrected chi connectivity index (χ2v) is 4.63. The Labute approximate surface area is 109 Å². The fourth-order valence-corrected chi connectivity index (χ4v) is 2.31. The van der Waals surface area contributed by atoms with Crippen LogP contribution in [0.2, 0.25) is 5.02 Å². The Morgan fingerprint density at radius 3 is 2.83 bits per heavy atom. The summed E-state index contributed by atoms with van der Waals surface area (Å²) in [5.41, 5.74) is 1.27. The van der Waals surface area contributed by atoms with Gasteiger partial charge in [0.2, 0.25) is 0 Å². The number of halogens is 1. The number of hydrogen-bond donors (Lipinski definition) is 2. The van der Waals surface area contributed by atoms with Crippen LogP contribution < -0.4 is 0 Å². The first-order chi connectivity index (χ1) is 8.54. The molecule has 1 unspecified atom stereocenters. The van der Waals surface area contributed by atoms with Crippen molar-refractivity contribution in [1.29, 1.82) is 0 Å². The van der Waals surface area contributed by atoms with Crippen molar-refractivity contribution in [2.24, 2.45) is 0 Å². The highest BCUT2D eigenvalue weighted by atomic mass is 35.5. The van der Waals surface area contributed by atoms with Crippen molar-refractivity contribution in [2.45, 2.75) is 19.6 Å². The molecular formula is C13H14ClNO3. The van der Waals surface area contributed by atoms with Crippen molar-refractivity contribution in [2.75, 3.05) is 6.61 Å². The number of benzene rings is 1. The summed E-state index contributed by atoms with van der Waals surface area (Å²) in [6, 6.07) is 5.33. The Morgan fingerprint density at radius 1 is 1.50 bits per heavy atom. The summed E-state index contributed by atoms with van der Waals surface area (Å²) in [5.74, 6) is -0.0560. The minimum absolute atomic E-state index is 0.0560. The van der Waals surface area contributed by atoms with Crippen molar-refractivity contribution in [3.63, 3.8) is 0 Å². The van der Waals surface area contributed by atoms with E-state index >= 15 is 0 Å². The molecule has 2 aromatic rings. The highest BCUT2D eigenvalue weighted by Crippen LogP contribution is 2.28. The summed E-state index contributed by atoms with van der Waals surface area (Å²) >= 11 is 6.13. The maximum absolute atomic E-state index is 11.6. The van der Waals surface area contributed by atoms with E-state index in [1.807, 2.05) is 6.07 Å². The van der Waals surface area contributed by atoms with Gasteiger partial charge in [0, 0.05) is 17.1 Å². The Bertz CT molecular complexity index is 591. The molecule has 2 N–H and O–H groups in total. The van der Waals surface area contributed by atoms with E-state index in [2.05, 4.69) is 0 Å². The number of fused-ring (bicyclic) bond motifs is 1. The Hall–Kier alpha value is -1.36. The second-order valence-electron chi connectivity index (χ2n) is 4.22. The van der Waals surface area contributed by atoms with Gasteiger partial charge in [-0.05, 0) is 13.0 Å². The largest absolute Gasteiger partial charge is 0.394 e. The van der Waals surface area contributed by atoms with Crippen LogP contribution in [0.25, 0.3) is 10.9 Å². The lowest BCUT2D eigenvalue weighted by molar-refractivity contribution is 0.0821. The lowest BCUT2D eigenvalue weighted by atomic mass is 10.1. The van der Waals surface area contributed by atoms with Gasteiger partial charge in [0.1, 0.15) is 0 Å². The number of rotatable bonds is 4. The number of aromatic nitrogens is 1. The molecule has 1 heterocycles. The summed E-state index contributed by atoms with van der Waals surface area (Å²) in [5, 5.41) is 19.7. The van der Waals surface area contributed by atoms with Crippen LogP contribution in [-0.2, 0) is 6.54 Å². The first kappa shape index (κ1) is 13.1. The van der Waals surface area contributed by atoms with Crippen molar-refractivity contribution >= 4 is 28.3 Å². The van der Waals surface area contributed by atoms with Gasteiger partial charge < -0.3 is 14.8 Å². The molecular weight excluding hydrogens is 254 g/mol. The minimum atomic E-state index is -0.878. The van der Waals surface area contributed by atoms with Crippen molar-refractivity contribution in [3.8, 4) is 0 Å². The summed E-state index contributed by atoms with van der Waals surface area (Å²) in [7, 11) is 0. The number of hydrogen-bond acceptors (Lipinski definition) is 3. The highest BCUT2D eigenvalue weighted by Gasteiger charge is 2.15. The van der Waals surface area contributed by atoms with Crippen LogP contribution >= 0.6 is 11.6 Å². The molecule has 18 heavy (non-hydrogen) atoms. The molecule has 1 atom stereocenters. The van der Waals surface area contributed by atoms with E-state index in [0.29, 0.717) is 16.1 Å². The standard InChI is InChI=1S/C13H14ClNO3/c1-8(17)11-6-15(5-9(18)7-16)13-10(11)3-2-4-12(13)14/h2-4,6,9,16,18H,5,7H2,1H3. The number of ketones is 1. The number of carbonyl (C=O) groups is 1.